The van der Waals surface area contributed by atoms with E-state index >= 15 is 0 Å². The summed E-state index contributed by atoms with van der Waals surface area (Å²) in [7, 11) is 0. The topological polar surface area (TPSA) is 35.5 Å². The van der Waals surface area contributed by atoms with Crippen LogP contribution >= 0.6 is 0 Å². The standard InChI is InChI=1S/C27H30O3/c1-3-26(25-17-11-10-12-21(25)2)29-24(19-18-22-13-6-4-7-14-22)20-27(28)30-23-15-8-5-9-16-23/h4-17,24,26H,3,18-20H2,1-2H3/t24-,26+/m0/s1. The molecule has 0 aliphatic carbocycles. The molecule has 0 saturated heterocycles. The highest BCUT2D eigenvalue weighted by Gasteiger charge is 2.22. The molecule has 0 fully saturated rings. The van der Waals surface area contributed by atoms with Gasteiger partial charge in [-0.3, -0.25) is 4.79 Å². The summed E-state index contributed by atoms with van der Waals surface area (Å²) in [5, 5.41) is 0. The second kappa shape index (κ2) is 11.3. The highest BCUT2D eigenvalue weighted by molar-refractivity contribution is 5.72. The Labute approximate surface area is 179 Å². The van der Waals surface area contributed by atoms with Gasteiger partial charge in [0.15, 0.2) is 0 Å². The van der Waals surface area contributed by atoms with Crippen LogP contribution in [-0.4, -0.2) is 12.1 Å². The molecule has 0 N–H and O–H groups in total. The maximum absolute atomic E-state index is 12.6. The first-order valence-corrected chi connectivity index (χ1v) is 10.7. The van der Waals surface area contributed by atoms with Crippen molar-refractivity contribution in [3.05, 3.63) is 102 Å². The molecule has 0 aliphatic rings. The van der Waals surface area contributed by atoms with Gasteiger partial charge < -0.3 is 9.47 Å². The van der Waals surface area contributed by atoms with Gasteiger partial charge in [-0.1, -0.05) is 79.7 Å². The Balaban J connectivity index is 1.70. The first-order chi connectivity index (χ1) is 14.7. The van der Waals surface area contributed by atoms with E-state index in [-0.39, 0.29) is 24.6 Å². The molecular formula is C27H30O3. The van der Waals surface area contributed by atoms with Crippen LogP contribution in [0.4, 0.5) is 0 Å². The fourth-order valence-corrected chi connectivity index (χ4v) is 3.61. The van der Waals surface area contributed by atoms with Gasteiger partial charge >= 0.3 is 5.97 Å². The van der Waals surface area contributed by atoms with E-state index in [2.05, 4.69) is 38.1 Å². The van der Waals surface area contributed by atoms with Gasteiger partial charge in [0.25, 0.3) is 0 Å². The number of carbonyl (C=O) groups is 1. The molecular weight excluding hydrogens is 372 g/mol. The molecule has 3 rings (SSSR count). The van der Waals surface area contributed by atoms with Crippen LogP contribution in [0.3, 0.4) is 0 Å². The second-order valence-corrected chi connectivity index (χ2v) is 7.53. The number of esters is 1. The summed E-state index contributed by atoms with van der Waals surface area (Å²) in [6.45, 7) is 4.22. The first kappa shape index (κ1) is 21.8. The molecule has 30 heavy (non-hydrogen) atoms. The third kappa shape index (κ3) is 6.57. The lowest BCUT2D eigenvalue weighted by Crippen LogP contribution is -2.24. The average Bonchev–Trinajstić information content (AvgIpc) is 2.77. The molecule has 0 bridgehead atoms. The molecule has 0 saturated carbocycles. The molecule has 3 aromatic carbocycles. The number of hydrogen-bond donors (Lipinski definition) is 0. The molecule has 0 aliphatic heterocycles. The van der Waals surface area contributed by atoms with E-state index in [0.29, 0.717) is 5.75 Å². The molecule has 0 aromatic heterocycles. The molecule has 0 heterocycles. The Morgan fingerprint density at radius 3 is 2.17 bits per heavy atom. The number of ether oxygens (including phenoxy) is 2. The minimum atomic E-state index is -0.265. The van der Waals surface area contributed by atoms with E-state index in [0.717, 1.165) is 19.3 Å². The third-order valence-corrected chi connectivity index (χ3v) is 5.23. The maximum Gasteiger partial charge on any atom is 0.313 e. The number of para-hydroxylation sites is 1. The lowest BCUT2D eigenvalue weighted by atomic mass is 10.00. The van der Waals surface area contributed by atoms with E-state index in [1.807, 2.05) is 48.5 Å². The molecule has 156 valence electrons. The van der Waals surface area contributed by atoms with Crippen molar-refractivity contribution in [3.8, 4) is 5.75 Å². The lowest BCUT2D eigenvalue weighted by Gasteiger charge is -2.25. The maximum atomic E-state index is 12.6. The van der Waals surface area contributed by atoms with Gasteiger partial charge in [-0.2, -0.15) is 0 Å². The van der Waals surface area contributed by atoms with E-state index < -0.39 is 0 Å². The normalized spacial score (nSPS) is 12.9. The summed E-state index contributed by atoms with van der Waals surface area (Å²) in [5.41, 5.74) is 3.63. The van der Waals surface area contributed by atoms with Gasteiger partial charge in [0, 0.05) is 0 Å². The summed E-state index contributed by atoms with van der Waals surface area (Å²) in [6, 6.07) is 27.8. The number of benzene rings is 3. The number of carbonyl (C=O) groups excluding carboxylic acids is 1. The highest BCUT2D eigenvalue weighted by atomic mass is 16.5. The van der Waals surface area contributed by atoms with E-state index in [4.69, 9.17) is 9.47 Å². The Morgan fingerprint density at radius 1 is 0.867 bits per heavy atom. The zero-order valence-corrected chi connectivity index (χ0v) is 17.8. The third-order valence-electron chi connectivity index (χ3n) is 5.23. The zero-order valence-electron chi connectivity index (χ0n) is 17.8. The molecule has 0 amide bonds. The number of hydrogen-bond acceptors (Lipinski definition) is 3. The summed E-state index contributed by atoms with van der Waals surface area (Å²) >= 11 is 0. The van der Waals surface area contributed by atoms with E-state index in [1.165, 1.54) is 16.7 Å². The van der Waals surface area contributed by atoms with Gasteiger partial charge in [0.1, 0.15) is 5.75 Å². The molecule has 3 aromatic rings. The Kier molecular flexibility index (Phi) is 8.22. The van der Waals surface area contributed by atoms with Crippen LogP contribution in [0, 0.1) is 6.92 Å². The molecule has 0 spiro atoms. The summed E-state index contributed by atoms with van der Waals surface area (Å²) in [4.78, 5) is 12.6. The zero-order chi connectivity index (χ0) is 21.2. The van der Waals surface area contributed by atoms with Gasteiger partial charge in [-0.05, 0) is 55.0 Å². The van der Waals surface area contributed by atoms with Crippen molar-refractivity contribution in [1.82, 2.24) is 0 Å². The van der Waals surface area contributed by atoms with Crippen molar-refractivity contribution in [2.24, 2.45) is 0 Å². The summed E-state index contributed by atoms with van der Waals surface area (Å²) in [6.07, 6.45) is 2.43. The molecule has 0 radical (unpaired) electrons. The molecule has 0 unspecified atom stereocenters. The van der Waals surface area contributed by atoms with Crippen molar-refractivity contribution in [3.63, 3.8) is 0 Å². The highest BCUT2D eigenvalue weighted by Crippen LogP contribution is 2.28. The van der Waals surface area contributed by atoms with Gasteiger partial charge in [-0.25, -0.2) is 0 Å². The second-order valence-electron chi connectivity index (χ2n) is 7.53. The van der Waals surface area contributed by atoms with E-state index in [1.54, 1.807) is 12.1 Å². The average molecular weight is 403 g/mol. The number of aryl methyl sites for hydroxylation is 2. The fourth-order valence-electron chi connectivity index (χ4n) is 3.61. The Morgan fingerprint density at radius 2 is 1.50 bits per heavy atom. The van der Waals surface area contributed by atoms with Crippen molar-refractivity contribution in [1.29, 1.82) is 0 Å². The smallest absolute Gasteiger partial charge is 0.313 e. The van der Waals surface area contributed by atoms with Crippen LogP contribution in [-0.2, 0) is 16.0 Å². The van der Waals surface area contributed by atoms with E-state index in [9.17, 15) is 4.79 Å². The first-order valence-electron chi connectivity index (χ1n) is 10.7. The van der Waals surface area contributed by atoms with Crippen molar-refractivity contribution in [2.45, 2.75) is 51.7 Å². The molecule has 3 heteroatoms. The lowest BCUT2D eigenvalue weighted by molar-refractivity contribution is -0.139. The van der Waals surface area contributed by atoms with Crippen molar-refractivity contribution in [2.75, 3.05) is 0 Å². The minimum Gasteiger partial charge on any atom is -0.426 e. The molecule has 3 nitrogen and oxygen atoms in total. The Hall–Kier alpha value is -2.91. The van der Waals surface area contributed by atoms with Crippen LogP contribution in [0.15, 0.2) is 84.9 Å². The molecule has 2 atom stereocenters. The van der Waals surface area contributed by atoms with Crippen LogP contribution in [0.2, 0.25) is 0 Å². The van der Waals surface area contributed by atoms with Crippen LogP contribution in [0.1, 0.15) is 49.0 Å². The summed E-state index contributed by atoms with van der Waals surface area (Å²) in [5.74, 6) is 0.300. The van der Waals surface area contributed by atoms with Crippen LogP contribution in [0.25, 0.3) is 0 Å². The Bertz CT molecular complexity index is 906. The van der Waals surface area contributed by atoms with Gasteiger partial charge in [-0.15, -0.1) is 0 Å². The van der Waals surface area contributed by atoms with Gasteiger partial charge in [0.05, 0.1) is 18.6 Å². The fraction of sp³-hybridized carbons (Fsp3) is 0.296. The monoisotopic (exact) mass is 402 g/mol. The SMILES string of the molecule is CC[C@@H](O[C@@H](CCc1ccccc1)CC(=O)Oc1ccccc1)c1ccccc1C. The number of rotatable bonds is 10. The summed E-state index contributed by atoms with van der Waals surface area (Å²) < 4.78 is 12.0. The minimum absolute atomic E-state index is 0.0449. The predicted octanol–water partition coefficient (Wildman–Crippen LogP) is 6.46. The van der Waals surface area contributed by atoms with Crippen molar-refractivity contribution >= 4 is 5.97 Å². The van der Waals surface area contributed by atoms with Gasteiger partial charge in [0.2, 0.25) is 0 Å². The van der Waals surface area contributed by atoms with Crippen LogP contribution in [0.5, 0.6) is 5.75 Å². The predicted molar refractivity (Wildman–Crippen MR) is 121 cm³/mol. The van der Waals surface area contributed by atoms with Crippen LogP contribution < -0.4 is 4.74 Å². The largest absolute Gasteiger partial charge is 0.426 e. The quantitative estimate of drug-likeness (QED) is 0.288. The van der Waals surface area contributed by atoms with Crippen molar-refractivity contribution < 1.29 is 14.3 Å².